The van der Waals surface area contributed by atoms with Crippen molar-refractivity contribution < 1.29 is 18.0 Å². The predicted octanol–water partition coefficient (Wildman–Crippen LogP) is 4.45. The number of rotatable bonds is 6. The van der Waals surface area contributed by atoms with Gasteiger partial charge in [0.2, 0.25) is 0 Å². The topological polar surface area (TPSA) is 47.3 Å². The number of hydrogen-bond donors (Lipinski definition) is 1. The van der Waals surface area contributed by atoms with Crippen LogP contribution in [0.5, 0.6) is 5.75 Å². The van der Waals surface area contributed by atoms with Gasteiger partial charge < -0.3 is 14.6 Å². The quantitative estimate of drug-likeness (QED) is 0.710. The van der Waals surface area contributed by atoms with Crippen LogP contribution < -0.4 is 10.1 Å². The van der Waals surface area contributed by atoms with E-state index in [2.05, 4.69) is 15.2 Å². The van der Waals surface area contributed by atoms with Gasteiger partial charge in [0.15, 0.2) is 0 Å². The molecule has 0 amide bonds. The highest BCUT2D eigenvalue weighted by Gasteiger charge is 2.13. The summed E-state index contributed by atoms with van der Waals surface area (Å²) in [6.45, 7) is -0.173. The van der Waals surface area contributed by atoms with E-state index in [1.54, 1.807) is 12.1 Å². The Hall–Kier alpha value is -2.18. The average Bonchev–Trinajstić information content (AvgIpc) is 2.94. The maximum atomic E-state index is 12.6. The summed E-state index contributed by atoms with van der Waals surface area (Å²) in [5.74, 6) is 0.913. The van der Waals surface area contributed by atoms with Crippen LogP contribution in [0.1, 0.15) is 17.0 Å². The van der Waals surface area contributed by atoms with Crippen LogP contribution in [0.4, 0.5) is 8.78 Å². The first-order valence-electron chi connectivity index (χ1n) is 7.22. The van der Waals surface area contributed by atoms with Crippen molar-refractivity contribution in [1.82, 2.24) is 10.5 Å². The summed E-state index contributed by atoms with van der Waals surface area (Å²) in [4.78, 5) is 0. The molecule has 0 aliphatic rings. The molecule has 0 aliphatic carbocycles. The fourth-order valence-electron chi connectivity index (χ4n) is 2.52. The molecule has 0 saturated carbocycles. The zero-order chi connectivity index (χ0) is 16.2. The van der Waals surface area contributed by atoms with Gasteiger partial charge in [0.25, 0.3) is 0 Å². The first-order chi connectivity index (χ1) is 11.1. The van der Waals surface area contributed by atoms with E-state index in [1.165, 1.54) is 0 Å². The largest absolute Gasteiger partial charge is 0.434 e. The van der Waals surface area contributed by atoms with Gasteiger partial charge in [-0.3, -0.25) is 0 Å². The molecule has 3 rings (SSSR count). The lowest BCUT2D eigenvalue weighted by Gasteiger charge is -2.14. The molecule has 0 atom stereocenters. The van der Waals surface area contributed by atoms with E-state index in [0.717, 1.165) is 22.2 Å². The number of aromatic nitrogens is 1. The Balaban J connectivity index is 0.00000208. The molecule has 0 fully saturated rings. The second kappa shape index (κ2) is 8.08. The molecule has 1 aromatic heterocycles. The molecule has 4 nitrogen and oxygen atoms in total. The Kier molecular flexibility index (Phi) is 6.11. The zero-order valence-corrected chi connectivity index (χ0v) is 13.8. The lowest BCUT2D eigenvalue weighted by Crippen LogP contribution is -2.15. The first kappa shape index (κ1) is 18.2. The third-order valence-electron chi connectivity index (χ3n) is 3.50. The van der Waals surface area contributed by atoms with Crippen LogP contribution >= 0.6 is 12.4 Å². The average molecular weight is 355 g/mol. The Morgan fingerprint density at radius 1 is 1.17 bits per heavy atom. The lowest BCUT2D eigenvalue weighted by atomic mass is 10.0. The summed E-state index contributed by atoms with van der Waals surface area (Å²) in [5.41, 5.74) is 1.46. The summed E-state index contributed by atoms with van der Waals surface area (Å²) in [6, 6.07) is 12.8. The normalized spacial score (nSPS) is 10.8. The van der Waals surface area contributed by atoms with Gasteiger partial charge >= 0.3 is 6.61 Å². The van der Waals surface area contributed by atoms with E-state index in [0.29, 0.717) is 18.7 Å². The molecule has 0 saturated heterocycles. The van der Waals surface area contributed by atoms with Crippen molar-refractivity contribution in [3.05, 3.63) is 59.5 Å². The SMILES string of the molecule is Cc1cc(CNCc2c(OC(F)F)ccc3ccccc23)no1.Cl. The minimum Gasteiger partial charge on any atom is -0.434 e. The molecule has 0 aliphatic heterocycles. The number of fused-ring (bicyclic) bond motifs is 1. The molecule has 24 heavy (non-hydrogen) atoms. The highest BCUT2D eigenvalue weighted by molar-refractivity contribution is 5.87. The number of hydrogen-bond acceptors (Lipinski definition) is 4. The van der Waals surface area contributed by atoms with Crippen LogP contribution in [0.3, 0.4) is 0 Å². The zero-order valence-electron chi connectivity index (χ0n) is 13.0. The number of alkyl halides is 2. The molecule has 0 radical (unpaired) electrons. The molecule has 0 bridgehead atoms. The van der Waals surface area contributed by atoms with Crippen molar-refractivity contribution in [2.24, 2.45) is 0 Å². The van der Waals surface area contributed by atoms with E-state index >= 15 is 0 Å². The molecule has 1 heterocycles. The van der Waals surface area contributed by atoms with Crippen LogP contribution in [-0.4, -0.2) is 11.8 Å². The van der Waals surface area contributed by atoms with Gasteiger partial charge in [-0.25, -0.2) is 0 Å². The van der Waals surface area contributed by atoms with E-state index in [-0.39, 0.29) is 18.2 Å². The predicted molar refractivity (Wildman–Crippen MR) is 89.6 cm³/mol. The van der Waals surface area contributed by atoms with Crippen LogP contribution in [0, 0.1) is 6.92 Å². The Bertz CT molecular complexity index is 808. The van der Waals surface area contributed by atoms with Crippen molar-refractivity contribution in [3.8, 4) is 5.75 Å². The minimum absolute atomic E-state index is 0. The summed E-state index contributed by atoms with van der Waals surface area (Å²) >= 11 is 0. The number of aryl methyl sites for hydroxylation is 1. The van der Waals surface area contributed by atoms with Gasteiger partial charge in [-0.2, -0.15) is 8.78 Å². The fourth-order valence-corrected chi connectivity index (χ4v) is 2.52. The van der Waals surface area contributed by atoms with Gasteiger partial charge in [-0.15, -0.1) is 12.4 Å². The van der Waals surface area contributed by atoms with E-state index in [9.17, 15) is 8.78 Å². The van der Waals surface area contributed by atoms with Crippen LogP contribution in [0.25, 0.3) is 10.8 Å². The van der Waals surface area contributed by atoms with Crippen molar-refractivity contribution in [2.75, 3.05) is 0 Å². The highest BCUT2D eigenvalue weighted by Crippen LogP contribution is 2.29. The van der Waals surface area contributed by atoms with E-state index in [4.69, 9.17) is 4.52 Å². The molecule has 0 unspecified atom stereocenters. The van der Waals surface area contributed by atoms with E-state index in [1.807, 2.05) is 37.3 Å². The molecule has 128 valence electrons. The van der Waals surface area contributed by atoms with Crippen molar-refractivity contribution in [2.45, 2.75) is 26.6 Å². The van der Waals surface area contributed by atoms with Crippen molar-refractivity contribution in [1.29, 1.82) is 0 Å². The molecular weight excluding hydrogens is 338 g/mol. The van der Waals surface area contributed by atoms with Crippen molar-refractivity contribution in [3.63, 3.8) is 0 Å². The van der Waals surface area contributed by atoms with Crippen LogP contribution in [0.2, 0.25) is 0 Å². The van der Waals surface area contributed by atoms with Crippen molar-refractivity contribution >= 4 is 23.2 Å². The maximum absolute atomic E-state index is 12.6. The first-order valence-corrected chi connectivity index (χ1v) is 7.22. The number of ether oxygens (including phenoxy) is 1. The monoisotopic (exact) mass is 354 g/mol. The number of nitrogens with zero attached hydrogens (tertiary/aromatic N) is 1. The van der Waals surface area contributed by atoms with Gasteiger partial charge in [-0.05, 0) is 23.8 Å². The van der Waals surface area contributed by atoms with Gasteiger partial charge in [0.1, 0.15) is 11.5 Å². The Morgan fingerprint density at radius 3 is 2.67 bits per heavy atom. The van der Waals surface area contributed by atoms with Gasteiger partial charge in [-0.1, -0.05) is 35.5 Å². The maximum Gasteiger partial charge on any atom is 0.387 e. The van der Waals surface area contributed by atoms with Gasteiger partial charge in [0.05, 0.1) is 5.69 Å². The fraction of sp³-hybridized carbons (Fsp3) is 0.235. The summed E-state index contributed by atoms with van der Waals surface area (Å²) in [5, 5.41) is 8.94. The van der Waals surface area contributed by atoms with Crippen LogP contribution in [0.15, 0.2) is 47.0 Å². The number of halogens is 3. The number of nitrogens with one attached hydrogen (secondary N) is 1. The number of benzene rings is 2. The Morgan fingerprint density at radius 2 is 1.96 bits per heavy atom. The third-order valence-corrected chi connectivity index (χ3v) is 3.50. The third kappa shape index (κ3) is 4.21. The van der Waals surface area contributed by atoms with Crippen LogP contribution in [-0.2, 0) is 13.1 Å². The molecular formula is C17H17ClF2N2O2. The Labute approximate surface area is 144 Å². The summed E-state index contributed by atoms with van der Waals surface area (Å²) in [7, 11) is 0. The lowest BCUT2D eigenvalue weighted by molar-refractivity contribution is -0.0503. The molecule has 2 aromatic carbocycles. The smallest absolute Gasteiger partial charge is 0.387 e. The standard InChI is InChI=1S/C17H16F2N2O2.ClH/c1-11-8-13(21-23-11)9-20-10-15-14-5-3-2-4-12(14)6-7-16(15)22-17(18)19;/h2-8,17,20H,9-10H2,1H3;1H. The minimum atomic E-state index is -2.85. The molecule has 3 aromatic rings. The summed E-state index contributed by atoms with van der Waals surface area (Å²) in [6.07, 6.45) is 0. The summed E-state index contributed by atoms with van der Waals surface area (Å²) < 4.78 is 34.9. The molecule has 7 heteroatoms. The molecule has 1 N–H and O–H groups in total. The van der Waals surface area contributed by atoms with E-state index < -0.39 is 6.61 Å². The highest BCUT2D eigenvalue weighted by atomic mass is 35.5. The van der Waals surface area contributed by atoms with Gasteiger partial charge in [0, 0.05) is 24.7 Å². The second-order valence-corrected chi connectivity index (χ2v) is 5.17. The second-order valence-electron chi connectivity index (χ2n) is 5.17. The molecule has 0 spiro atoms.